The molecule has 0 unspecified atom stereocenters. The van der Waals surface area contributed by atoms with E-state index in [1.165, 1.54) is 0 Å². The summed E-state index contributed by atoms with van der Waals surface area (Å²) in [5.41, 5.74) is 0. The van der Waals surface area contributed by atoms with Crippen molar-refractivity contribution in [2.45, 2.75) is 0 Å². The van der Waals surface area contributed by atoms with Gasteiger partial charge in [0.05, 0.1) is 15.3 Å². The molecule has 13 nitrogen and oxygen atoms in total. The monoisotopic (exact) mass is 417 g/mol. The van der Waals surface area contributed by atoms with Gasteiger partial charge in [-0.1, -0.05) is 0 Å². The fourth-order valence-corrected chi connectivity index (χ4v) is 0. The van der Waals surface area contributed by atoms with Crippen molar-refractivity contribution >= 4 is 10.8 Å². The molecule has 102 valence electrons. The summed E-state index contributed by atoms with van der Waals surface area (Å²) < 4.78 is 9.56. The van der Waals surface area contributed by atoms with Gasteiger partial charge in [-0.25, -0.2) is 0 Å². The zero-order chi connectivity index (χ0) is 14.3. The largest absolute Gasteiger partial charge is 3.00 e. The topological polar surface area (TPSA) is 216 Å². The molecular weight excluding hydrogens is 410 g/mol. The molecule has 0 fully saturated rings. The van der Waals surface area contributed by atoms with Crippen LogP contribution in [0, 0.1) is 95.3 Å². The van der Waals surface area contributed by atoms with Crippen LogP contribution in [0.5, 0.6) is 0 Å². The van der Waals surface area contributed by atoms with Crippen LogP contribution in [0.1, 0.15) is 0 Å². The Hall–Kier alpha value is -0.666. The van der Waals surface area contributed by atoms with Crippen LogP contribution in [0.4, 0.5) is 0 Å². The smallest absolute Gasteiger partial charge is 0.356 e. The van der Waals surface area contributed by atoms with Gasteiger partial charge in [0.25, 0.3) is 0 Å². The molecule has 0 heterocycles. The summed E-state index contributed by atoms with van der Waals surface area (Å²) in [5, 5.41) is 44.2. The van der Waals surface area contributed by atoms with Gasteiger partial charge in [0.2, 0.25) is 0 Å². The van der Waals surface area contributed by atoms with E-state index >= 15 is 0 Å². The van der Waals surface area contributed by atoms with E-state index in [1.807, 2.05) is 0 Å². The summed E-state index contributed by atoms with van der Waals surface area (Å²) in [5.74, 6) is 0. The van der Waals surface area contributed by atoms with Crippen LogP contribution >= 0.6 is 0 Å². The fourth-order valence-electron chi connectivity index (χ4n) is 0. The van der Waals surface area contributed by atoms with E-state index in [4.69, 9.17) is 46.0 Å². The van der Waals surface area contributed by atoms with E-state index in [0.29, 0.717) is 0 Å². The first-order valence-corrected chi connectivity index (χ1v) is 4.59. The molecule has 0 saturated heterocycles. The van der Waals surface area contributed by atoms with Crippen molar-refractivity contribution in [2.24, 2.45) is 0 Å². The second-order valence-electron chi connectivity index (χ2n) is 1.41. The fraction of sp³-hybridized carbons (Fsp3) is 1.00. The molecule has 0 aromatic carbocycles. The van der Waals surface area contributed by atoms with Crippen molar-refractivity contribution in [2.75, 3.05) is 12.5 Å². The Labute approximate surface area is 137 Å². The molecular formula is C2H6EuN3O10S. The van der Waals surface area contributed by atoms with Gasteiger partial charge in [0, 0.05) is 23.3 Å². The molecule has 0 bridgehead atoms. The maximum absolute atomic E-state index is 9.56. The normalized spacial score (nSPS) is 6.29. The van der Waals surface area contributed by atoms with Crippen molar-refractivity contribution in [1.82, 2.24) is 0 Å². The Bertz CT molecular complexity index is 170. The summed E-state index contributed by atoms with van der Waals surface area (Å²) in [6, 6.07) is 0. The number of nitrogens with zero attached hydrogens (tertiary/aromatic N) is 3. The number of hydrogen-bond acceptors (Lipinski definition) is 10. The van der Waals surface area contributed by atoms with E-state index < -0.39 is 26.1 Å². The third-order valence-electron chi connectivity index (χ3n) is 0. The van der Waals surface area contributed by atoms with E-state index in [0.717, 1.165) is 0 Å². The van der Waals surface area contributed by atoms with Crippen LogP contribution in [0.3, 0.4) is 0 Å². The van der Waals surface area contributed by atoms with Gasteiger partial charge in [-0.05, 0) is 0 Å². The van der Waals surface area contributed by atoms with Crippen LogP contribution < -0.4 is 0 Å². The standard InChI is InChI=1S/C2H6OS.Eu.3NO3/c1-4(2)3;;3*2-1(3)4/h1-2H3;;;;/q;+3;3*-1. The summed E-state index contributed by atoms with van der Waals surface area (Å²) in [4.78, 5) is 24.8. The summed E-state index contributed by atoms with van der Waals surface area (Å²) in [6.45, 7) is 0. The third-order valence-corrected chi connectivity index (χ3v) is 0. The summed E-state index contributed by atoms with van der Waals surface area (Å²) in [7, 11) is -0.611. The van der Waals surface area contributed by atoms with Crippen molar-refractivity contribution < 1.29 is 68.8 Å². The summed E-state index contributed by atoms with van der Waals surface area (Å²) >= 11 is 0. The van der Waals surface area contributed by atoms with Crippen LogP contribution in [-0.4, -0.2) is 32.0 Å². The first kappa shape index (κ1) is 29.9. The maximum atomic E-state index is 9.56. The summed E-state index contributed by atoms with van der Waals surface area (Å²) in [6.07, 6.45) is 3.28. The second kappa shape index (κ2) is 24.5. The van der Waals surface area contributed by atoms with Crippen molar-refractivity contribution in [3.63, 3.8) is 0 Å². The van der Waals surface area contributed by atoms with Crippen LogP contribution in [0.25, 0.3) is 0 Å². The molecule has 17 heavy (non-hydrogen) atoms. The molecule has 0 atom stereocenters. The molecule has 0 N–H and O–H groups in total. The quantitative estimate of drug-likeness (QED) is 0.356. The average molecular weight is 416 g/mol. The average Bonchev–Trinajstić information content (AvgIpc) is 1.76. The van der Waals surface area contributed by atoms with Crippen molar-refractivity contribution in [1.29, 1.82) is 0 Å². The van der Waals surface area contributed by atoms with Gasteiger partial charge in [-0.3, -0.25) is 4.21 Å². The molecule has 0 rings (SSSR count). The van der Waals surface area contributed by atoms with Gasteiger partial charge < -0.3 is 46.0 Å². The predicted molar refractivity (Wildman–Crippen MR) is 51.1 cm³/mol. The van der Waals surface area contributed by atoms with Crippen LogP contribution in [0.2, 0.25) is 0 Å². The van der Waals surface area contributed by atoms with Gasteiger partial charge >= 0.3 is 49.4 Å². The zero-order valence-electron chi connectivity index (χ0n) is 8.21. The predicted octanol–water partition coefficient (Wildman–Crippen LogP) is -0.723. The molecule has 15 heteroatoms. The van der Waals surface area contributed by atoms with E-state index in [1.54, 1.807) is 12.5 Å². The third kappa shape index (κ3) is 6150. The number of rotatable bonds is 0. The molecule has 0 radical (unpaired) electrons. The van der Waals surface area contributed by atoms with Gasteiger partial charge in [-0.2, -0.15) is 0 Å². The van der Waals surface area contributed by atoms with E-state index in [9.17, 15) is 4.21 Å². The molecule has 0 amide bonds. The minimum atomic E-state index is -1.75. The molecule has 0 saturated carbocycles. The Morgan fingerprint density at radius 2 is 0.706 bits per heavy atom. The Morgan fingerprint density at radius 1 is 0.706 bits per heavy atom. The minimum Gasteiger partial charge on any atom is -0.356 e. The molecule has 0 spiro atoms. The van der Waals surface area contributed by atoms with Gasteiger partial charge in [-0.15, -0.1) is 0 Å². The molecule has 0 aliphatic heterocycles. The van der Waals surface area contributed by atoms with E-state index in [-0.39, 0.29) is 49.4 Å². The van der Waals surface area contributed by atoms with E-state index in [2.05, 4.69) is 0 Å². The Kier molecular flexibility index (Phi) is 43.1. The SMILES string of the molecule is CS(C)=O.O=[N+]([O-])[O-].O=[N+]([O-])[O-].O=[N+]([O-])[O-].[Eu+3]. The van der Waals surface area contributed by atoms with Gasteiger partial charge in [0.15, 0.2) is 0 Å². The van der Waals surface area contributed by atoms with Crippen molar-refractivity contribution in [3.05, 3.63) is 46.0 Å². The van der Waals surface area contributed by atoms with Crippen LogP contribution in [0.15, 0.2) is 0 Å². The Morgan fingerprint density at radius 3 is 0.706 bits per heavy atom. The first-order valence-electron chi connectivity index (χ1n) is 2.63. The number of hydrogen-bond donors (Lipinski definition) is 0. The Balaban J connectivity index is -0.0000000369. The maximum Gasteiger partial charge on any atom is 3.00 e. The van der Waals surface area contributed by atoms with Crippen molar-refractivity contribution in [3.8, 4) is 0 Å². The zero-order valence-corrected chi connectivity index (χ0v) is 11.5. The second-order valence-corrected chi connectivity index (χ2v) is 2.90. The van der Waals surface area contributed by atoms with Gasteiger partial charge in [0.1, 0.15) is 0 Å². The molecule has 0 aromatic rings. The molecule has 0 aliphatic carbocycles. The first-order chi connectivity index (χ1) is 6.93. The molecule has 0 aromatic heterocycles. The van der Waals surface area contributed by atoms with Crippen LogP contribution in [-0.2, 0) is 10.8 Å². The molecule has 0 aliphatic rings. The minimum absolute atomic E-state index is 0.